The number of halogens is 1. The van der Waals surface area contributed by atoms with Gasteiger partial charge >= 0.3 is 5.97 Å². The summed E-state index contributed by atoms with van der Waals surface area (Å²) in [5, 5.41) is 18.3. The van der Waals surface area contributed by atoms with Gasteiger partial charge in [-0.3, -0.25) is 4.79 Å². The maximum absolute atomic E-state index is 11.0. The van der Waals surface area contributed by atoms with Crippen molar-refractivity contribution in [2.24, 2.45) is 5.92 Å². The SMILES string of the molecule is N#CC1CCCN(c2nc(Cl)nc3ccn(CC(=O)O)c23)C1. The van der Waals surface area contributed by atoms with Gasteiger partial charge in [-0.05, 0) is 30.5 Å². The number of rotatable bonds is 3. The molecule has 7 nitrogen and oxygen atoms in total. The van der Waals surface area contributed by atoms with Crippen molar-refractivity contribution in [3.8, 4) is 6.07 Å². The lowest BCUT2D eigenvalue weighted by atomic mass is 10.00. The summed E-state index contributed by atoms with van der Waals surface area (Å²) < 4.78 is 1.60. The van der Waals surface area contributed by atoms with Crippen molar-refractivity contribution in [2.75, 3.05) is 18.0 Å². The van der Waals surface area contributed by atoms with Crippen LogP contribution in [0.4, 0.5) is 5.82 Å². The molecule has 0 spiro atoms. The standard InChI is InChI=1S/C14H14ClN5O2/c15-14-17-10-3-5-19(8-11(21)22)12(10)13(18-14)20-4-1-2-9(6-16)7-20/h3,5,9H,1-2,4,7-8H2,(H,21,22). The summed E-state index contributed by atoms with van der Waals surface area (Å²) in [6.07, 6.45) is 3.42. The average molecular weight is 320 g/mol. The summed E-state index contributed by atoms with van der Waals surface area (Å²) in [6, 6.07) is 4.01. The molecule has 1 aliphatic rings. The van der Waals surface area contributed by atoms with Crippen LogP contribution in [-0.2, 0) is 11.3 Å². The van der Waals surface area contributed by atoms with Crippen LogP contribution in [0.2, 0.25) is 5.28 Å². The van der Waals surface area contributed by atoms with E-state index in [0.717, 1.165) is 19.4 Å². The molecule has 1 aliphatic heterocycles. The molecule has 0 bridgehead atoms. The second-order valence-electron chi connectivity index (χ2n) is 5.30. The maximum atomic E-state index is 11.0. The zero-order chi connectivity index (χ0) is 15.7. The zero-order valence-electron chi connectivity index (χ0n) is 11.7. The summed E-state index contributed by atoms with van der Waals surface area (Å²) in [4.78, 5) is 21.4. The van der Waals surface area contributed by atoms with Crippen molar-refractivity contribution in [3.05, 3.63) is 17.5 Å². The van der Waals surface area contributed by atoms with E-state index >= 15 is 0 Å². The zero-order valence-corrected chi connectivity index (χ0v) is 12.5. The highest BCUT2D eigenvalue weighted by molar-refractivity contribution is 6.28. The van der Waals surface area contributed by atoms with Gasteiger partial charge in [0.25, 0.3) is 0 Å². The van der Waals surface area contributed by atoms with Crippen molar-refractivity contribution in [1.82, 2.24) is 14.5 Å². The largest absolute Gasteiger partial charge is 0.480 e. The number of carbonyl (C=O) groups is 1. The molecule has 3 rings (SSSR count). The molecule has 0 amide bonds. The molecule has 22 heavy (non-hydrogen) atoms. The molecule has 8 heteroatoms. The maximum Gasteiger partial charge on any atom is 0.323 e. The number of hydrogen-bond donors (Lipinski definition) is 1. The lowest BCUT2D eigenvalue weighted by Crippen LogP contribution is -2.36. The first kappa shape index (κ1) is 14.6. The van der Waals surface area contributed by atoms with E-state index in [0.29, 0.717) is 23.4 Å². The van der Waals surface area contributed by atoms with Gasteiger partial charge in [0.1, 0.15) is 12.1 Å². The van der Waals surface area contributed by atoms with Crippen LogP contribution in [-0.4, -0.2) is 38.7 Å². The number of nitrogens with zero attached hydrogens (tertiary/aromatic N) is 5. The van der Waals surface area contributed by atoms with Gasteiger partial charge in [-0.15, -0.1) is 0 Å². The lowest BCUT2D eigenvalue weighted by Gasteiger charge is -2.31. The first-order chi connectivity index (χ1) is 10.6. The molecular formula is C14H14ClN5O2. The molecule has 0 aliphatic carbocycles. The number of nitriles is 1. The predicted molar refractivity (Wildman–Crippen MR) is 80.7 cm³/mol. The molecule has 1 fully saturated rings. The number of fused-ring (bicyclic) bond motifs is 1. The molecule has 1 saturated heterocycles. The fourth-order valence-electron chi connectivity index (χ4n) is 2.83. The van der Waals surface area contributed by atoms with Crippen LogP contribution >= 0.6 is 11.6 Å². The van der Waals surface area contributed by atoms with E-state index in [1.165, 1.54) is 0 Å². The van der Waals surface area contributed by atoms with Gasteiger partial charge < -0.3 is 14.6 Å². The minimum atomic E-state index is -0.938. The Morgan fingerprint density at radius 3 is 3.09 bits per heavy atom. The minimum absolute atomic E-state index is 0.0552. The Balaban J connectivity index is 2.09. The predicted octanol–water partition coefficient (Wildman–Crippen LogP) is 1.91. The van der Waals surface area contributed by atoms with Gasteiger partial charge in [0.2, 0.25) is 5.28 Å². The molecule has 2 aromatic heterocycles. The van der Waals surface area contributed by atoms with Gasteiger partial charge in [0.05, 0.1) is 17.5 Å². The van der Waals surface area contributed by atoms with E-state index in [1.807, 2.05) is 4.90 Å². The van der Waals surface area contributed by atoms with Crippen LogP contribution in [0, 0.1) is 17.2 Å². The fourth-order valence-corrected chi connectivity index (χ4v) is 3.00. The second-order valence-corrected chi connectivity index (χ2v) is 5.64. The highest BCUT2D eigenvalue weighted by Crippen LogP contribution is 2.29. The van der Waals surface area contributed by atoms with Crippen LogP contribution in [0.15, 0.2) is 12.3 Å². The smallest absolute Gasteiger partial charge is 0.323 e. The van der Waals surface area contributed by atoms with Crippen molar-refractivity contribution in [3.63, 3.8) is 0 Å². The Hall–Kier alpha value is -2.33. The number of piperidine rings is 1. The van der Waals surface area contributed by atoms with Gasteiger partial charge in [-0.2, -0.15) is 10.2 Å². The van der Waals surface area contributed by atoms with E-state index in [2.05, 4.69) is 16.0 Å². The van der Waals surface area contributed by atoms with E-state index in [9.17, 15) is 4.79 Å². The lowest BCUT2D eigenvalue weighted by molar-refractivity contribution is -0.137. The molecule has 0 radical (unpaired) electrons. The Kier molecular flexibility index (Phi) is 3.86. The van der Waals surface area contributed by atoms with Crippen molar-refractivity contribution < 1.29 is 9.90 Å². The Labute approximate surface area is 131 Å². The number of carboxylic acid groups (broad SMARTS) is 1. The summed E-state index contributed by atoms with van der Waals surface area (Å²) in [7, 11) is 0. The quantitative estimate of drug-likeness (QED) is 0.868. The fraction of sp³-hybridized carbons (Fsp3) is 0.429. The molecule has 1 unspecified atom stereocenters. The van der Waals surface area contributed by atoms with Crippen LogP contribution in [0.3, 0.4) is 0 Å². The van der Waals surface area contributed by atoms with Crippen LogP contribution in [0.5, 0.6) is 0 Å². The van der Waals surface area contributed by atoms with Crippen LogP contribution in [0.1, 0.15) is 12.8 Å². The number of hydrogen-bond acceptors (Lipinski definition) is 5. The highest BCUT2D eigenvalue weighted by Gasteiger charge is 2.24. The Bertz CT molecular complexity index is 766. The molecular weight excluding hydrogens is 306 g/mol. The number of carboxylic acids is 1. The normalized spacial score (nSPS) is 18.4. The van der Waals surface area contributed by atoms with Crippen LogP contribution < -0.4 is 4.90 Å². The number of aliphatic carboxylic acids is 1. The molecule has 1 atom stereocenters. The Morgan fingerprint density at radius 1 is 1.55 bits per heavy atom. The summed E-state index contributed by atoms with van der Waals surface area (Å²) in [5.74, 6) is -0.395. The minimum Gasteiger partial charge on any atom is -0.480 e. The van der Waals surface area contributed by atoms with Crippen molar-refractivity contribution >= 4 is 34.4 Å². The first-order valence-electron chi connectivity index (χ1n) is 6.97. The second kappa shape index (κ2) is 5.81. The molecule has 0 saturated carbocycles. The summed E-state index contributed by atoms with van der Waals surface area (Å²) >= 11 is 5.99. The van der Waals surface area contributed by atoms with E-state index < -0.39 is 5.97 Å². The third kappa shape index (κ3) is 2.70. The molecule has 1 N–H and O–H groups in total. The number of anilines is 1. The summed E-state index contributed by atoms with van der Waals surface area (Å²) in [5.41, 5.74) is 1.25. The van der Waals surface area contributed by atoms with Gasteiger partial charge in [0, 0.05) is 19.3 Å². The third-order valence-electron chi connectivity index (χ3n) is 3.77. The van der Waals surface area contributed by atoms with Crippen LogP contribution in [0.25, 0.3) is 11.0 Å². The topological polar surface area (TPSA) is 95.0 Å². The molecule has 3 heterocycles. The Morgan fingerprint density at radius 2 is 2.36 bits per heavy atom. The van der Waals surface area contributed by atoms with Gasteiger partial charge in [-0.1, -0.05) is 0 Å². The van der Waals surface area contributed by atoms with E-state index in [-0.39, 0.29) is 17.7 Å². The molecule has 114 valence electrons. The van der Waals surface area contributed by atoms with E-state index in [4.69, 9.17) is 22.0 Å². The van der Waals surface area contributed by atoms with Crippen molar-refractivity contribution in [1.29, 1.82) is 5.26 Å². The van der Waals surface area contributed by atoms with Gasteiger partial charge in [-0.25, -0.2) is 4.98 Å². The summed E-state index contributed by atoms with van der Waals surface area (Å²) in [6.45, 7) is 1.16. The first-order valence-corrected chi connectivity index (χ1v) is 7.35. The van der Waals surface area contributed by atoms with E-state index in [1.54, 1.807) is 16.8 Å². The third-order valence-corrected chi connectivity index (χ3v) is 3.94. The average Bonchev–Trinajstić information content (AvgIpc) is 2.88. The monoisotopic (exact) mass is 319 g/mol. The highest BCUT2D eigenvalue weighted by atomic mass is 35.5. The molecule has 2 aromatic rings. The number of aromatic nitrogens is 3. The molecule has 0 aromatic carbocycles. The van der Waals surface area contributed by atoms with Gasteiger partial charge in [0.15, 0.2) is 5.82 Å². The van der Waals surface area contributed by atoms with Crippen molar-refractivity contribution in [2.45, 2.75) is 19.4 Å².